The molecular formula is C29H23FO. The maximum absolute atomic E-state index is 13.9. The van der Waals surface area contributed by atoms with Gasteiger partial charge in [-0.05, 0) is 76.6 Å². The van der Waals surface area contributed by atoms with Crippen LogP contribution in [0.15, 0.2) is 97.1 Å². The molecule has 4 aromatic rings. The fourth-order valence-corrected chi connectivity index (χ4v) is 4.95. The summed E-state index contributed by atoms with van der Waals surface area (Å²) in [5, 5.41) is 10.9. The number of hydrogen-bond donors (Lipinski definition) is 1. The maximum Gasteiger partial charge on any atom is 0.123 e. The van der Waals surface area contributed by atoms with E-state index in [0.29, 0.717) is 5.75 Å². The summed E-state index contributed by atoms with van der Waals surface area (Å²) in [7, 11) is 0. The van der Waals surface area contributed by atoms with Gasteiger partial charge in [0.15, 0.2) is 0 Å². The zero-order valence-corrected chi connectivity index (χ0v) is 17.6. The highest BCUT2D eigenvalue weighted by molar-refractivity contribution is 5.91. The van der Waals surface area contributed by atoms with E-state index in [0.717, 1.165) is 44.5 Å². The van der Waals surface area contributed by atoms with Gasteiger partial charge in [-0.15, -0.1) is 0 Å². The summed E-state index contributed by atoms with van der Waals surface area (Å²) < 4.78 is 13.9. The minimum Gasteiger partial charge on any atom is -0.507 e. The molecule has 5 rings (SSSR count). The summed E-state index contributed by atoms with van der Waals surface area (Å²) in [5.41, 5.74) is 7.51. The van der Waals surface area contributed by atoms with Crippen molar-refractivity contribution in [3.63, 3.8) is 0 Å². The number of phenols is 1. The molecule has 1 aliphatic rings. The van der Waals surface area contributed by atoms with Crippen LogP contribution in [-0.2, 0) is 5.41 Å². The molecule has 1 N–H and O–H groups in total. The monoisotopic (exact) mass is 406 g/mol. The first-order valence-electron chi connectivity index (χ1n) is 10.5. The first-order chi connectivity index (χ1) is 15.0. The summed E-state index contributed by atoms with van der Waals surface area (Å²) >= 11 is 0. The number of phenolic OH excluding ortho intramolecular Hbond substituents is 1. The van der Waals surface area contributed by atoms with E-state index in [1.807, 2.05) is 62.4 Å². The molecule has 0 heterocycles. The molecule has 1 unspecified atom stereocenters. The van der Waals surface area contributed by atoms with Crippen LogP contribution in [0.4, 0.5) is 4.39 Å². The van der Waals surface area contributed by atoms with Gasteiger partial charge in [0.1, 0.15) is 11.6 Å². The molecule has 152 valence electrons. The standard InChI is InChI=1S/C29H23FO/c1-19-17-25-26(21-9-5-3-6-10-21)18-29(22-11-7-4-8-12-22,27(25)20(2)28(19)31)23-13-15-24(30)16-14-23/h3-18,31H,1-2H3. The summed E-state index contributed by atoms with van der Waals surface area (Å²) in [5.74, 6) is 0.0461. The minimum absolute atomic E-state index is 0.263. The van der Waals surface area contributed by atoms with Crippen molar-refractivity contribution < 1.29 is 9.50 Å². The lowest BCUT2D eigenvalue weighted by molar-refractivity contribution is 0.465. The summed E-state index contributed by atoms with van der Waals surface area (Å²) in [4.78, 5) is 0. The van der Waals surface area contributed by atoms with E-state index in [2.05, 4.69) is 36.4 Å². The number of halogens is 1. The number of aromatic hydroxyl groups is 1. The van der Waals surface area contributed by atoms with Crippen LogP contribution in [0.3, 0.4) is 0 Å². The van der Waals surface area contributed by atoms with E-state index in [9.17, 15) is 9.50 Å². The van der Waals surface area contributed by atoms with Gasteiger partial charge >= 0.3 is 0 Å². The van der Waals surface area contributed by atoms with E-state index in [4.69, 9.17) is 0 Å². The van der Waals surface area contributed by atoms with E-state index in [1.54, 1.807) is 0 Å². The molecule has 0 radical (unpaired) electrons. The van der Waals surface area contributed by atoms with Crippen LogP contribution < -0.4 is 0 Å². The minimum atomic E-state index is -0.634. The van der Waals surface area contributed by atoms with Crippen LogP contribution in [0.5, 0.6) is 5.75 Å². The van der Waals surface area contributed by atoms with Gasteiger partial charge in [0, 0.05) is 0 Å². The summed E-state index contributed by atoms with van der Waals surface area (Å²) in [6.45, 7) is 3.91. The summed E-state index contributed by atoms with van der Waals surface area (Å²) in [6.07, 6.45) is 2.28. The van der Waals surface area contributed by atoms with Crippen molar-refractivity contribution >= 4 is 5.57 Å². The van der Waals surface area contributed by atoms with Crippen molar-refractivity contribution in [3.8, 4) is 5.75 Å². The number of benzene rings is 4. The largest absolute Gasteiger partial charge is 0.507 e. The molecule has 0 aliphatic heterocycles. The fourth-order valence-electron chi connectivity index (χ4n) is 4.95. The molecule has 1 aliphatic carbocycles. The third-order valence-electron chi connectivity index (χ3n) is 6.39. The second kappa shape index (κ2) is 7.24. The van der Waals surface area contributed by atoms with Crippen molar-refractivity contribution in [2.75, 3.05) is 0 Å². The molecular weight excluding hydrogens is 383 g/mol. The van der Waals surface area contributed by atoms with Crippen molar-refractivity contribution in [2.24, 2.45) is 0 Å². The van der Waals surface area contributed by atoms with Gasteiger partial charge in [-0.2, -0.15) is 0 Å². The molecule has 0 bridgehead atoms. The predicted octanol–water partition coefficient (Wildman–Crippen LogP) is 6.93. The van der Waals surface area contributed by atoms with Crippen LogP contribution in [0.1, 0.15) is 38.9 Å². The van der Waals surface area contributed by atoms with E-state index in [1.165, 1.54) is 12.1 Å². The average Bonchev–Trinajstić information content (AvgIpc) is 3.15. The van der Waals surface area contributed by atoms with E-state index in [-0.39, 0.29) is 5.82 Å². The number of allylic oxidation sites excluding steroid dienone is 1. The number of hydrogen-bond acceptors (Lipinski definition) is 1. The first kappa shape index (κ1) is 19.3. The van der Waals surface area contributed by atoms with Crippen molar-refractivity contribution in [1.82, 2.24) is 0 Å². The lowest BCUT2D eigenvalue weighted by Gasteiger charge is -2.32. The highest BCUT2D eigenvalue weighted by atomic mass is 19.1. The molecule has 2 heteroatoms. The predicted molar refractivity (Wildman–Crippen MR) is 124 cm³/mol. The smallest absolute Gasteiger partial charge is 0.123 e. The van der Waals surface area contributed by atoms with Gasteiger partial charge < -0.3 is 5.11 Å². The Hall–Kier alpha value is -3.65. The van der Waals surface area contributed by atoms with Crippen LogP contribution >= 0.6 is 0 Å². The Labute approximate surface area is 182 Å². The molecule has 0 spiro atoms. The molecule has 4 aromatic carbocycles. The summed E-state index contributed by atoms with van der Waals surface area (Å²) in [6, 6.07) is 29.4. The van der Waals surface area contributed by atoms with Crippen molar-refractivity contribution in [2.45, 2.75) is 19.3 Å². The van der Waals surface area contributed by atoms with E-state index < -0.39 is 5.41 Å². The Bertz CT molecular complexity index is 1290. The molecule has 31 heavy (non-hydrogen) atoms. The van der Waals surface area contributed by atoms with Gasteiger partial charge in [0.2, 0.25) is 0 Å². The molecule has 0 amide bonds. The molecule has 0 fully saturated rings. The maximum atomic E-state index is 13.9. The van der Waals surface area contributed by atoms with Crippen molar-refractivity contribution in [1.29, 1.82) is 0 Å². The third-order valence-corrected chi connectivity index (χ3v) is 6.39. The van der Waals surface area contributed by atoms with Gasteiger partial charge in [0.05, 0.1) is 5.41 Å². The van der Waals surface area contributed by atoms with Crippen LogP contribution in [-0.4, -0.2) is 5.11 Å². The Morgan fingerprint density at radius 1 is 0.742 bits per heavy atom. The molecule has 0 saturated carbocycles. The highest BCUT2D eigenvalue weighted by Gasteiger charge is 2.43. The lowest BCUT2D eigenvalue weighted by atomic mass is 9.69. The SMILES string of the molecule is Cc1cc2c(c(C)c1O)C(c1ccccc1)(c1ccc(F)cc1)C=C2c1ccccc1. The number of aryl methyl sites for hydroxylation is 1. The van der Waals surface area contributed by atoms with Gasteiger partial charge in [-0.1, -0.05) is 78.9 Å². The molecule has 0 saturated heterocycles. The van der Waals surface area contributed by atoms with Crippen LogP contribution in [0.25, 0.3) is 5.57 Å². The van der Waals surface area contributed by atoms with Crippen molar-refractivity contribution in [3.05, 3.63) is 142 Å². The number of fused-ring (bicyclic) bond motifs is 1. The van der Waals surface area contributed by atoms with Gasteiger partial charge in [0.25, 0.3) is 0 Å². The van der Waals surface area contributed by atoms with Gasteiger partial charge in [-0.25, -0.2) is 4.39 Å². The molecule has 1 nitrogen and oxygen atoms in total. The Morgan fingerprint density at radius 2 is 1.32 bits per heavy atom. The molecule has 1 atom stereocenters. The Morgan fingerprint density at radius 3 is 1.97 bits per heavy atom. The lowest BCUT2D eigenvalue weighted by Crippen LogP contribution is -2.26. The quantitative estimate of drug-likeness (QED) is 0.391. The second-order valence-corrected chi connectivity index (χ2v) is 8.19. The Balaban J connectivity index is 1.94. The number of rotatable bonds is 3. The van der Waals surface area contributed by atoms with E-state index >= 15 is 0 Å². The Kier molecular flexibility index (Phi) is 4.51. The van der Waals surface area contributed by atoms with Crippen LogP contribution in [0.2, 0.25) is 0 Å². The highest BCUT2D eigenvalue weighted by Crippen LogP contribution is 2.54. The fraction of sp³-hybridized carbons (Fsp3) is 0.103. The normalized spacial score (nSPS) is 17.3. The van der Waals surface area contributed by atoms with Gasteiger partial charge in [-0.3, -0.25) is 0 Å². The topological polar surface area (TPSA) is 20.2 Å². The zero-order chi connectivity index (χ0) is 21.6. The third kappa shape index (κ3) is 2.90. The zero-order valence-electron chi connectivity index (χ0n) is 17.6. The molecule has 0 aromatic heterocycles. The van der Waals surface area contributed by atoms with Crippen LogP contribution in [0, 0.1) is 19.7 Å². The first-order valence-corrected chi connectivity index (χ1v) is 10.5. The second-order valence-electron chi connectivity index (χ2n) is 8.19. The average molecular weight is 407 g/mol.